The number of hydrogen-bond donors (Lipinski definition) is 1. The molecule has 26 heavy (non-hydrogen) atoms. The summed E-state index contributed by atoms with van der Waals surface area (Å²) in [6, 6.07) is 0. The summed E-state index contributed by atoms with van der Waals surface area (Å²) >= 11 is 0. The average Bonchev–Trinajstić information content (AvgIpc) is 2.62. The van der Waals surface area contributed by atoms with Gasteiger partial charge in [0, 0.05) is 7.11 Å². The van der Waals surface area contributed by atoms with Gasteiger partial charge < -0.3 is 14.3 Å². The van der Waals surface area contributed by atoms with Gasteiger partial charge in [0.1, 0.15) is 0 Å². The summed E-state index contributed by atoms with van der Waals surface area (Å²) in [5, 5.41) is 0. The third kappa shape index (κ3) is 18.9. The Bertz CT molecular complexity index is 339. The molecule has 0 bridgehead atoms. The van der Waals surface area contributed by atoms with E-state index in [2.05, 4.69) is 23.4 Å². The summed E-state index contributed by atoms with van der Waals surface area (Å²) in [4.78, 5) is 11.6. The van der Waals surface area contributed by atoms with Gasteiger partial charge in [-0.3, -0.25) is 4.57 Å². The first-order valence-electron chi connectivity index (χ1n) is 11.1. The molecule has 0 radical (unpaired) electrons. The van der Waals surface area contributed by atoms with Crippen LogP contribution in [0.5, 0.6) is 0 Å². The van der Waals surface area contributed by atoms with Crippen LogP contribution < -0.4 is 0 Å². The van der Waals surface area contributed by atoms with E-state index in [0.717, 1.165) is 19.5 Å². The molecule has 0 aliphatic heterocycles. The predicted molar refractivity (Wildman–Crippen MR) is 114 cm³/mol. The highest BCUT2D eigenvalue weighted by atomic mass is 31.2. The summed E-state index contributed by atoms with van der Waals surface area (Å²) in [6.45, 7) is 4.23. The van der Waals surface area contributed by atoms with Crippen LogP contribution in [-0.2, 0) is 9.09 Å². The lowest BCUT2D eigenvalue weighted by Gasteiger charge is -2.17. The van der Waals surface area contributed by atoms with Crippen molar-refractivity contribution in [1.29, 1.82) is 0 Å². The van der Waals surface area contributed by atoms with E-state index in [9.17, 15) is 9.46 Å². The van der Waals surface area contributed by atoms with E-state index in [1.165, 1.54) is 97.0 Å². The molecule has 0 aliphatic rings. The summed E-state index contributed by atoms with van der Waals surface area (Å²) in [7, 11) is 0.0814. The number of hydrogen-bond acceptors (Lipinski definition) is 3. The Morgan fingerprint density at radius 1 is 0.731 bits per heavy atom. The molecular formula is C21H46NO3P. The summed E-state index contributed by atoms with van der Waals surface area (Å²) in [5.41, 5.74) is 0. The largest absolute Gasteiger partial charge is 0.327 e. The van der Waals surface area contributed by atoms with Gasteiger partial charge >= 0.3 is 7.60 Å². The summed E-state index contributed by atoms with van der Waals surface area (Å²) < 4.78 is 16.0. The van der Waals surface area contributed by atoms with E-state index in [-0.39, 0.29) is 6.16 Å². The van der Waals surface area contributed by atoms with Crippen molar-refractivity contribution >= 4 is 7.60 Å². The highest BCUT2D eigenvalue weighted by molar-refractivity contribution is 7.52. The molecule has 1 N–H and O–H groups in total. The van der Waals surface area contributed by atoms with E-state index in [1.807, 2.05) is 0 Å². The van der Waals surface area contributed by atoms with Crippen molar-refractivity contribution in [1.82, 2.24) is 4.90 Å². The Morgan fingerprint density at radius 2 is 1.12 bits per heavy atom. The fourth-order valence-electron chi connectivity index (χ4n) is 3.32. The van der Waals surface area contributed by atoms with Crippen LogP contribution in [-0.4, -0.2) is 43.2 Å². The minimum atomic E-state index is -3.32. The standard InChI is InChI=1S/C21H46NO3P/c1-4-5-6-7-8-9-10-11-12-13-14-15-16-17-19-22(2)20-18-21-26(23,24)25-3/h4-21H2,1-3H3,(H,23,24). The van der Waals surface area contributed by atoms with Gasteiger partial charge in [-0.2, -0.15) is 0 Å². The van der Waals surface area contributed by atoms with Crippen LogP contribution in [0.3, 0.4) is 0 Å². The molecule has 0 fully saturated rings. The molecule has 0 saturated heterocycles. The zero-order valence-corrected chi connectivity index (χ0v) is 18.8. The smallest absolute Gasteiger partial charge is 0.324 e. The molecule has 1 unspecified atom stereocenters. The molecule has 0 rings (SSSR count). The van der Waals surface area contributed by atoms with Crippen molar-refractivity contribution in [2.75, 3.05) is 33.4 Å². The first-order chi connectivity index (χ1) is 12.5. The van der Waals surface area contributed by atoms with Crippen molar-refractivity contribution in [3.8, 4) is 0 Å². The van der Waals surface area contributed by atoms with E-state index in [4.69, 9.17) is 0 Å². The number of nitrogens with zero attached hydrogens (tertiary/aromatic N) is 1. The second kappa shape index (κ2) is 18.5. The first kappa shape index (κ1) is 26.1. The van der Waals surface area contributed by atoms with Crippen molar-refractivity contribution in [2.24, 2.45) is 0 Å². The number of unbranched alkanes of at least 4 members (excludes halogenated alkanes) is 13. The maximum absolute atomic E-state index is 11.4. The SMILES string of the molecule is CCCCCCCCCCCCCCCCN(C)CCCP(=O)(O)OC. The quantitative estimate of drug-likeness (QED) is 0.187. The van der Waals surface area contributed by atoms with Crippen molar-refractivity contribution in [2.45, 2.75) is 103 Å². The Labute approximate surface area is 163 Å². The first-order valence-corrected chi connectivity index (χ1v) is 12.8. The molecule has 4 nitrogen and oxygen atoms in total. The Kier molecular flexibility index (Phi) is 18.6. The van der Waals surface area contributed by atoms with Crippen LogP contribution in [0.2, 0.25) is 0 Å². The number of rotatable bonds is 20. The van der Waals surface area contributed by atoms with Crippen LogP contribution in [0, 0.1) is 0 Å². The lowest BCUT2D eigenvalue weighted by Crippen LogP contribution is -2.21. The van der Waals surface area contributed by atoms with Gasteiger partial charge in [0.2, 0.25) is 0 Å². The summed E-state index contributed by atoms with van der Waals surface area (Å²) in [5.74, 6) is 0. The topological polar surface area (TPSA) is 49.8 Å². The van der Waals surface area contributed by atoms with Crippen molar-refractivity contribution < 1.29 is 14.0 Å². The fourth-order valence-corrected chi connectivity index (χ4v) is 4.04. The third-order valence-electron chi connectivity index (χ3n) is 5.16. The maximum Gasteiger partial charge on any atom is 0.327 e. The molecule has 0 aliphatic carbocycles. The predicted octanol–water partition coefficient (Wildman–Crippen LogP) is 6.62. The Balaban J connectivity index is 3.22. The second-order valence-corrected chi connectivity index (χ2v) is 9.88. The normalized spacial score (nSPS) is 14.0. The van der Waals surface area contributed by atoms with Gasteiger partial charge in [-0.15, -0.1) is 0 Å². The van der Waals surface area contributed by atoms with Gasteiger partial charge in [0.25, 0.3) is 0 Å². The van der Waals surface area contributed by atoms with E-state index in [0.29, 0.717) is 0 Å². The molecule has 1 atom stereocenters. The van der Waals surface area contributed by atoms with Crippen molar-refractivity contribution in [3.05, 3.63) is 0 Å². The molecule has 0 aromatic rings. The monoisotopic (exact) mass is 391 g/mol. The molecule has 0 heterocycles. The molecular weight excluding hydrogens is 345 g/mol. The van der Waals surface area contributed by atoms with Gasteiger partial charge in [0.15, 0.2) is 0 Å². The minimum Gasteiger partial charge on any atom is -0.324 e. The summed E-state index contributed by atoms with van der Waals surface area (Å²) in [6.07, 6.45) is 20.4. The maximum atomic E-state index is 11.4. The van der Waals surface area contributed by atoms with E-state index >= 15 is 0 Å². The van der Waals surface area contributed by atoms with Gasteiger partial charge in [-0.25, -0.2) is 0 Å². The van der Waals surface area contributed by atoms with Gasteiger partial charge in [-0.1, -0.05) is 90.4 Å². The lowest BCUT2D eigenvalue weighted by atomic mass is 10.0. The van der Waals surface area contributed by atoms with Gasteiger partial charge in [0.05, 0.1) is 6.16 Å². The highest BCUT2D eigenvalue weighted by Crippen LogP contribution is 2.40. The molecule has 5 heteroatoms. The Hall–Kier alpha value is 0.110. The third-order valence-corrected chi connectivity index (χ3v) is 6.61. The Morgan fingerprint density at radius 3 is 1.54 bits per heavy atom. The second-order valence-electron chi connectivity index (χ2n) is 7.80. The molecule has 0 saturated carbocycles. The minimum absolute atomic E-state index is 0.257. The average molecular weight is 392 g/mol. The van der Waals surface area contributed by atoms with E-state index in [1.54, 1.807) is 0 Å². The molecule has 158 valence electrons. The van der Waals surface area contributed by atoms with Gasteiger partial charge in [-0.05, 0) is 33.0 Å². The van der Waals surface area contributed by atoms with Crippen molar-refractivity contribution in [3.63, 3.8) is 0 Å². The zero-order valence-electron chi connectivity index (χ0n) is 17.9. The van der Waals surface area contributed by atoms with Crippen LogP contribution in [0.25, 0.3) is 0 Å². The van der Waals surface area contributed by atoms with Crippen LogP contribution in [0.15, 0.2) is 0 Å². The highest BCUT2D eigenvalue weighted by Gasteiger charge is 2.16. The van der Waals surface area contributed by atoms with Crippen LogP contribution >= 0.6 is 7.60 Å². The molecule has 0 amide bonds. The molecule has 0 spiro atoms. The lowest BCUT2D eigenvalue weighted by molar-refractivity contribution is 0.300. The fraction of sp³-hybridized carbons (Fsp3) is 1.00. The molecule has 0 aromatic carbocycles. The zero-order chi connectivity index (χ0) is 19.5. The molecule has 0 aromatic heterocycles. The van der Waals surface area contributed by atoms with Crippen LogP contribution in [0.4, 0.5) is 0 Å². The van der Waals surface area contributed by atoms with E-state index < -0.39 is 7.60 Å². The van der Waals surface area contributed by atoms with Crippen LogP contribution in [0.1, 0.15) is 103 Å².